The van der Waals surface area contributed by atoms with Crippen LogP contribution in [0.2, 0.25) is 0 Å². The van der Waals surface area contributed by atoms with Crippen LogP contribution < -0.4 is 21.3 Å². The number of nitrogen functional groups attached to an aromatic ring is 1. The number of alkyl halides is 3. The number of aryl methyl sites for hydroxylation is 1. The van der Waals surface area contributed by atoms with Gasteiger partial charge in [0.25, 0.3) is 0 Å². The lowest BCUT2D eigenvalue weighted by atomic mass is 10.1. The second-order valence-electron chi connectivity index (χ2n) is 7.49. The first-order valence-electron chi connectivity index (χ1n) is 9.08. The van der Waals surface area contributed by atoms with E-state index in [0.29, 0.717) is 31.9 Å². The van der Waals surface area contributed by atoms with E-state index in [9.17, 15) is 18.0 Å². The molecule has 158 valence electrons. The molecule has 1 aromatic rings. The zero-order chi connectivity index (χ0) is 21.1. The second kappa shape index (κ2) is 8.38. The molecule has 0 spiro atoms. The van der Waals surface area contributed by atoms with Crippen molar-refractivity contribution in [2.45, 2.75) is 51.9 Å². The molecule has 1 unspecified atom stereocenters. The van der Waals surface area contributed by atoms with Gasteiger partial charge in [0.2, 0.25) is 0 Å². The van der Waals surface area contributed by atoms with Crippen molar-refractivity contribution in [1.82, 2.24) is 15.3 Å². The highest BCUT2D eigenvalue weighted by atomic mass is 19.4. The molecule has 11 heteroatoms. The van der Waals surface area contributed by atoms with Crippen molar-refractivity contribution < 1.29 is 22.7 Å². The van der Waals surface area contributed by atoms with E-state index >= 15 is 0 Å². The summed E-state index contributed by atoms with van der Waals surface area (Å²) in [6.45, 7) is 7.07. The number of nitrogens with one attached hydrogen (secondary N) is 2. The number of carbonyl (C=O) groups is 1. The van der Waals surface area contributed by atoms with Crippen LogP contribution >= 0.6 is 0 Å². The summed E-state index contributed by atoms with van der Waals surface area (Å²) in [6.07, 6.45) is -4.02. The van der Waals surface area contributed by atoms with Crippen molar-refractivity contribution >= 4 is 23.3 Å². The van der Waals surface area contributed by atoms with E-state index in [0.717, 1.165) is 0 Å². The Morgan fingerprint density at radius 2 is 2.04 bits per heavy atom. The third kappa shape index (κ3) is 5.85. The van der Waals surface area contributed by atoms with Crippen LogP contribution in [0.15, 0.2) is 0 Å². The Bertz CT molecular complexity index is 705. The molecule has 0 saturated carbocycles. The number of nitrogens with zero attached hydrogens (tertiary/aromatic N) is 3. The number of piperazine rings is 1. The van der Waals surface area contributed by atoms with Gasteiger partial charge in [0.05, 0.1) is 0 Å². The first-order valence-corrected chi connectivity index (χ1v) is 9.08. The number of nitrogens with two attached hydrogens (primary N) is 1. The number of carbonyl (C=O) groups excluding carboxylic acids is 1. The van der Waals surface area contributed by atoms with Gasteiger partial charge in [-0.15, -0.1) is 0 Å². The minimum Gasteiger partial charge on any atom is -0.458 e. The highest BCUT2D eigenvalue weighted by Gasteiger charge is 2.35. The Balaban J connectivity index is 2.38. The Labute approximate surface area is 162 Å². The zero-order valence-electron chi connectivity index (χ0n) is 16.5. The number of hydrogen-bond donors (Lipinski definition) is 3. The topological polar surface area (TPSA) is 105 Å². The maximum Gasteiger partial charge on any atom is 0.405 e. The standard InChI is InChI=1S/C17H27F3N6O2/c1-5-11-24-13(23-9-17(18,19)20)12(21)14(25-11)26-7-6-22-8-10(26)15(27)28-16(2,3)4/h10,22H,5-9,21H2,1-4H3,(H,23,24,25). The molecule has 1 fully saturated rings. The van der Waals surface area contributed by atoms with Gasteiger partial charge in [-0.05, 0) is 20.8 Å². The molecule has 1 aromatic heterocycles. The Morgan fingerprint density at radius 3 is 2.61 bits per heavy atom. The summed E-state index contributed by atoms with van der Waals surface area (Å²) >= 11 is 0. The van der Waals surface area contributed by atoms with E-state index < -0.39 is 30.3 Å². The molecular weight excluding hydrogens is 377 g/mol. The average Bonchev–Trinajstić information content (AvgIpc) is 2.58. The SMILES string of the molecule is CCc1nc(NCC(F)(F)F)c(N)c(N2CCNCC2C(=O)OC(C)(C)C)n1. The van der Waals surface area contributed by atoms with Crippen LogP contribution in [0.1, 0.15) is 33.5 Å². The fourth-order valence-electron chi connectivity index (χ4n) is 2.74. The quantitative estimate of drug-likeness (QED) is 0.637. The fourth-order valence-corrected chi connectivity index (χ4v) is 2.74. The van der Waals surface area contributed by atoms with Crippen LogP contribution in [-0.2, 0) is 16.0 Å². The van der Waals surface area contributed by atoms with Gasteiger partial charge in [0.1, 0.15) is 29.7 Å². The van der Waals surface area contributed by atoms with Gasteiger partial charge in [-0.2, -0.15) is 13.2 Å². The molecule has 0 aromatic carbocycles. The number of esters is 1. The van der Waals surface area contributed by atoms with Gasteiger partial charge < -0.3 is 26.0 Å². The zero-order valence-corrected chi connectivity index (χ0v) is 16.5. The van der Waals surface area contributed by atoms with Gasteiger partial charge >= 0.3 is 12.1 Å². The van der Waals surface area contributed by atoms with Gasteiger partial charge in [0.15, 0.2) is 11.6 Å². The molecule has 28 heavy (non-hydrogen) atoms. The molecule has 1 aliphatic rings. The van der Waals surface area contributed by atoms with E-state index in [1.54, 1.807) is 32.6 Å². The average molecular weight is 404 g/mol. The number of hydrogen-bond acceptors (Lipinski definition) is 8. The van der Waals surface area contributed by atoms with Gasteiger partial charge in [-0.3, -0.25) is 0 Å². The van der Waals surface area contributed by atoms with Crippen molar-refractivity contribution in [1.29, 1.82) is 0 Å². The van der Waals surface area contributed by atoms with Crippen LogP contribution in [0.4, 0.5) is 30.5 Å². The highest BCUT2D eigenvalue weighted by molar-refractivity contribution is 5.84. The van der Waals surface area contributed by atoms with E-state index in [2.05, 4.69) is 20.6 Å². The minimum atomic E-state index is -4.42. The first-order chi connectivity index (χ1) is 12.9. The normalized spacial score (nSPS) is 18.1. The molecule has 2 heterocycles. The van der Waals surface area contributed by atoms with Gasteiger partial charge in [-0.1, -0.05) is 6.92 Å². The molecule has 0 aliphatic carbocycles. The Kier molecular flexibility index (Phi) is 6.58. The van der Waals surface area contributed by atoms with E-state index in [1.807, 2.05) is 0 Å². The Morgan fingerprint density at radius 1 is 1.36 bits per heavy atom. The first kappa shape index (κ1) is 22.0. The van der Waals surface area contributed by atoms with Crippen LogP contribution in [0.5, 0.6) is 0 Å². The maximum absolute atomic E-state index is 12.7. The van der Waals surface area contributed by atoms with Crippen molar-refractivity contribution in [3.05, 3.63) is 5.82 Å². The molecule has 1 aliphatic heterocycles. The lowest BCUT2D eigenvalue weighted by Crippen LogP contribution is -2.57. The summed E-state index contributed by atoms with van der Waals surface area (Å²) < 4.78 is 43.3. The predicted octanol–water partition coefficient (Wildman–Crippen LogP) is 1.72. The second-order valence-corrected chi connectivity index (χ2v) is 7.49. The van der Waals surface area contributed by atoms with Crippen molar-refractivity contribution in [3.8, 4) is 0 Å². The van der Waals surface area contributed by atoms with Gasteiger partial charge in [0, 0.05) is 26.1 Å². The largest absolute Gasteiger partial charge is 0.458 e. The summed E-state index contributed by atoms with van der Waals surface area (Å²) in [4.78, 5) is 22.8. The fraction of sp³-hybridized carbons (Fsp3) is 0.706. The van der Waals surface area contributed by atoms with Crippen molar-refractivity contribution in [2.24, 2.45) is 0 Å². The molecule has 2 rings (SSSR count). The number of halogens is 3. The third-order valence-corrected chi connectivity index (χ3v) is 3.94. The highest BCUT2D eigenvalue weighted by Crippen LogP contribution is 2.31. The van der Waals surface area contributed by atoms with Crippen molar-refractivity contribution in [3.63, 3.8) is 0 Å². The number of ether oxygens (including phenoxy) is 1. The molecular formula is C17H27F3N6O2. The number of anilines is 3. The molecule has 1 saturated heterocycles. The molecule has 4 N–H and O–H groups in total. The summed E-state index contributed by atoms with van der Waals surface area (Å²) in [7, 11) is 0. The number of rotatable bonds is 5. The predicted molar refractivity (Wildman–Crippen MR) is 100 cm³/mol. The molecule has 0 radical (unpaired) electrons. The van der Waals surface area contributed by atoms with Crippen LogP contribution in [-0.4, -0.2) is 59.9 Å². The summed E-state index contributed by atoms with van der Waals surface area (Å²) in [6, 6.07) is -0.703. The third-order valence-electron chi connectivity index (χ3n) is 3.94. The molecule has 0 bridgehead atoms. The smallest absolute Gasteiger partial charge is 0.405 e. The molecule has 1 atom stereocenters. The lowest BCUT2D eigenvalue weighted by molar-refractivity contribution is -0.156. The minimum absolute atomic E-state index is 0.0306. The summed E-state index contributed by atoms with van der Waals surface area (Å²) in [5.74, 6) is 0.00503. The summed E-state index contributed by atoms with van der Waals surface area (Å²) in [5, 5.41) is 5.35. The molecule has 8 nitrogen and oxygen atoms in total. The number of aromatic nitrogens is 2. The van der Waals surface area contributed by atoms with E-state index in [-0.39, 0.29) is 17.3 Å². The van der Waals surface area contributed by atoms with Crippen molar-refractivity contribution in [2.75, 3.05) is 42.1 Å². The van der Waals surface area contributed by atoms with E-state index in [4.69, 9.17) is 10.5 Å². The van der Waals surface area contributed by atoms with Crippen LogP contribution in [0.3, 0.4) is 0 Å². The van der Waals surface area contributed by atoms with E-state index in [1.165, 1.54) is 0 Å². The Hall–Kier alpha value is -2.30. The monoisotopic (exact) mass is 404 g/mol. The lowest BCUT2D eigenvalue weighted by Gasteiger charge is -2.37. The van der Waals surface area contributed by atoms with Crippen LogP contribution in [0.25, 0.3) is 0 Å². The van der Waals surface area contributed by atoms with Crippen LogP contribution in [0, 0.1) is 0 Å². The van der Waals surface area contributed by atoms with Gasteiger partial charge in [-0.25, -0.2) is 14.8 Å². The maximum atomic E-state index is 12.7. The molecule has 0 amide bonds. The summed E-state index contributed by atoms with van der Waals surface area (Å²) in [5.41, 5.74) is 5.38.